The Morgan fingerprint density at radius 2 is 1.69 bits per heavy atom. The Balaban J connectivity index is 1.69. The topological polar surface area (TPSA) is 51.5 Å². The maximum absolute atomic E-state index is 12.6. The first-order valence-electron chi connectivity index (χ1n) is 9.30. The van der Waals surface area contributed by atoms with Gasteiger partial charge in [-0.25, -0.2) is 4.79 Å². The highest BCUT2D eigenvalue weighted by Gasteiger charge is 2.25. The van der Waals surface area contributed by atoms with Crippen molar-refractivity contribution in [2.45, 2.75) is 45.6 Å². The molecule has 1 fully saturated rings. The minimum atomic E-state index is -0.767. The summed E-state index contributed by atoms with van der Waals surface area (Å²) in [4.78, 5) is 26.9. The number of rotatable bonds is 4. The number of esters is 1. The summed E-state index contributed by atoms with van der Waals surface area (Å²) in [7, 11) is 0. The van der Waals surface area contributed by atoms with Crippen molar-refractivity contribution >= 4 is 11.9 Å². The number of aromatic nitrogens is 1. The van der Waals surface area contributed by atoms with Crippen LogP contribution in [0.2, 0.25) is 0 Å². The van der Waals surface area contributed by atoms with Gasteiger partial charge < -0.3 is 14.2 Å². The van der Waals surface area contributed by atoms with Gasteiger partial charge in [0, 0.05) is 31.2 Å². The van der Waals surface area contributed by atoms with Gasteiger partial charge in [-0.2, -0.15) is 0 Å². The lowest BCUT2D eigenvalue weighted by molar-refractivity contribution is -0.139. The number of hydrogen-bond acceptors (Lipinski definition) is 3. The van der Waals surface area contributed by atoms with Gasteiger partial charge >= 0.3 is 5.97 Å². The zero-order valence-corrected chi connectivity index (χ0v) is 15.5. The summed E-state index contributed by atoms with van der Waals surface area (Å²) in [5, 5.41) is 0. The number of ether oxygens (including phenoxy) is 1. The third-order valence-corrected chi connectivity index (χ3v) is 4.88. The van der Waals surface area contributed by atoms with Gasteiger partial charge in [0.1, 0.15) is 0 Å². The van der Waals surface area contributed by atoms with Crippen molar-refractivity contribution in [3.05, 3.63) is 53.9 Å². The summed E-state index contributed by atoms with van der Waals surface area (Å²) in [6.07, 6.45) is 7.45. The van der Waals surface area contributed by atoms with Crippen molar-refractivity contribution in [3.8, 4) is 5.69 Å². The number of benzene rings is 1. The van der Waals surface area contributed by atoms with Crippen LogP contribution in [0.4, 0.5) is 0 Å². The largest absolute Gasteiger partial charge is 0.449 e. The molecule has 5 nitrogen and oxygen atoms in total. The van der Waals surface area contributed by atoms with Gasteiger partial charge in [0.05, 0.1) is 5.56 Å². The summed E-state index contributed by atoms with van der Waals surface area (Å²) < 4.78 is 7.42. The minimum Gasteiger partial charge on any atom is -0.449 e. The fraction of sp³-hybridized carbons (Fsp3) is 0.429. The van der Waals surface area contributed by atoms with E-state index in [-0.39, 0.29) is 5.91 Å². The molecule has 0 spiro atoms. The molecule has 1 aliphatic heterocycles. The van der Waals surface area contributed by atoms with Crippen LogP contribution in [0.15, 0.2) is 42.7 Å². The van der Waals surface area contributed by atoms with Crippen LogP contribution in [0.3, 0.4) is 0 Å². The highest BCUT2D eigenvalue weighted by molar-refractivity contribution is 5.93. The van der Waals surface area contributed by atoms with E-state index < -0.39 is 12.1 Å². The molecule has 138 valence electrons. The molecule has 5 heteroatoms. The Labute approximate surface area is 154 Å². The normalized spacial score (nSPS) is 16.0. The van der Waals surface area contributed by atoms with Gasteiger partial charge in [-0.05, 0) is 56.5 Å². The molecule has 1 aromatic heterocycles. The van der Waals surface area contributed by atoms with Crippen molar-refractivity contribution in [2.75, 3.05) is 13.1 Å². The van der Waals surface area contributed by atoms with E-state index in [2.05, 4.69) is 0 Å². The van der Waals surface area contributed by atoms with E-state index in [0.717, 1.165) is 50.0 Å². The highest BCUT2D eigenvalue weighted by Crippen LogP contribution is 2.18. The molecule has 0 bridgehead atoms. The zero-order valence-electron chi connectivity index (χ0n) is 15.5. The lowest BCUT2D eigenvalue weighted by Crippen LogP contribution is -2.40. The van der Waals surface area contributed by atoms with Crippen molar-refractivity contribution in [3.63, 3.8) is 0 Å². The van der Waals surface area contributed by atoms with Crippen molar-refractivity contribution < 1.29 is 14.3 Å². The Morgan fingerprint density at radius 3 is 2.35 bits per heavy atom. The number of carbonyl (C=O) groups is 2. The SMILES string of the molecule is Cc1ccc(C(=O)OC(C)C(=O)N2CCCCCC2)cc1-n1cccc1. The summed E-state index contributed by atoms with van der Waals surface area (Å²) in [6.45, 7) is 5.16. The predicted octanol–water partition coefficient (Wildman–Crippen LogP) is 3.73. The second-order valence-corrected chi connectivity index (χ2v) is 6.88. The molecule has 1 saturated heterocycles. The predicted molar refractivity (Wildman–Crippen MR) is 100 cm³/mol. The minimum absolute atomic E-state index is 0.0991. The first-order valence-corrected chi connectivity index (χ1v) is 9.30. The van der Waals surface area contributed by atoms with Gasteiger partial charge in [-0.3, -0.25) is 4.79 Å². The Hall–Kier alpha value is -2.56. The molecule has 0 aliphatic carbocycles. The van der Waals surface area contributed by atoms with E-state index in [4.69, 9.17) is 4.74 Å². The van der Waals surface area contributed by atoms with E-state index in [1.807, 2.05) is 47.0 Å². The first kappa shape index (κ1) is 18.2. The number of amides is 1. The summed E-state index contributed by atoms with van der Waals surface area (Å²) in [5.74, 6) is -0.563. The Morgan fingerprint density at radius 1 is 1.04 bits per heavy atom. The van der Waals surface area contributed by atoms with E-state index in [1.54, 1.807) is 19.1 Å². The van der Waals surface area contributed by atoms with Gasteiger partial charge in [-0.1, -0.05) is 18.9 Å². The third-order valence-electron chi connectivity index (χ3n) is 4.88. The molecule has 1 unspecified atom stereocenters. The van der Waals surface area contributed by atoms with Crippen LogP contribution in [-0.4, -0.2) is 40.5 Å². The maximum atomic E-state index is 12.6. The first-order chi connectivity index (χ1) is 12.6. The number of nitrogens with zero attached hydrogens (tertiary/aromatic N) is 2. The van der Waals surface area contributed by atoms with E-state index >= 15 is 0 Å². The summed E-state index contributed by atoms with van der Waals surface area (Å²) >= 11 is 0. The molecule has 0 N–H and O–H groups in total. The molecule has 1 aliphatic rings. The molecule has 1 amide bonds. The van der Waals surface area contributed by atoms with E-state index in [9.17, 15) is 9.59 Å². The average molecular weight is 354 g/mol. The van der Waals surface area contributed by atoms with Gasteiger partial charge in [-0.15, -0.1) is 0 Å². The van der Waals surface area contributed by atoms with Gasteiger partial charge in [0.2, 0.25) is 0 Å². The van der Waals surface area contributed by atoms with Gasteiger partial charge in [0.15, 0.2) is 6.10 Å². The molecule has 2 aromatic rings. The van der Waals surface area contributed by atoms with Crippen LogP contribution in [0.25, 0.3) is 5.69 Å². The van der Waals surface area contributed by atoms with Crippen molar-refractivity contribution in [1.29, 1.82) is 0 Å². The van der Waals surface area contributed by atoms with Gasteiger partial charge in [0.25, 0.3) is 5.91 Å². The quantitative estimate of drug-likeness (QED) is 0.786. The number of hydrogen-bond donors (Lipinski definition) is 0. The molecule has 2 heterocycles. The molecular formula is C21H26N2O3. The van der Waals surface area contributed by atoms with Crippen molar-refractivity contribution in [1.82, 2.24) is 9.47 Å². The third kappa shape index (κ3) is 4.15. The van der Waals surface area contributed by atoms with Crippen LogP contribution in [0.1, 0.15) is 48.5 Å². The van der Waals surface area contributed by atoms with Crippen molar-refractivity contribution in [2.24, 2.45) is 0 Å². The van der Waals surface area contributed by atoms with E-state index in [1.165, 1.54) is 0 Å². The molecule has 26 heavy (non-hydrogen) atoms. The summed E-state index contributed by atoms with van der Waals surface area (Å²) in [6, 6.07) is 9.32. The molecule has 1 atom stereocenters. The average Bonchev–Trinajstić information content (AvgIpc) is 3.03. The smallest absolute Gasteiger partial charge is 0.338 e. The zero-order chi connectivity index (χ0) is 18.5. The van der Waals surface area contributed by atoms with Crippen LogP contribution in [0.5, 0.6) is 0 Å². The second-order valence-electron chi connectivity index (χ2n) is 6.88. The number of likely N-dealkylation sites (tertiary alicyclic amines) is 1. The summed E-state index contributed by atoms with van der Waals surface area (Å²) in [5.41, 5.74) is 2.44. The van der Waals surface area contributed by atoms with Crippen LogP contribution >= 0.6 is 0 Å². The highest BCUT2D eigenvalue weighted by atomic mass is 16.5. The van der Waals surface area contributed by atoms with E-state index in [0.29, 0.717) is 5.56 Å². The lowest BCUT2D eigenvalue weighted by Gasteiger charge is -2.24. The number of carbonyl (C=O) groups excluding carboxylic acids is 2. The monoisotopic (exact) mass is 354 g/mol. The van der Waals surface area contributed by atoms with Crippen LogP contribution in [-0.2, 0) is 9.53 Å². The molecular weight excluding hydrogens is 328 g/mol. The fourth-order valence-electron chi connectivity index (χ4n) is 3.34. The maximum Gasteiger partial charge on any atom is 0.338 e. The fourth-order valence-corrected chi connectivity index (χ4v) is 3.34. The standard InChI is InChI=1S/C21H26N2O3/c1-16-9-10-18(15-19(16)22-11-7-8-12-22)21(25)26-17(2)20(24)23-13-5-3-4-6-14-23/h7-12,15,17H,3-6,13-14H2,1-2H3. The molecule has 1 aromatic carbocycles. The molecule has 0 radical (unpaired) electrons. The Bertz CT molecular complexity index is 760. The number of aryl methyl sites for hydroxylation is 1. The Kier molecular flexibility index (Phi) is 5.76. The molecule has 3 rings (SSSR count). The van der Waals surface area contributed by atoms with Crippen LogP contribution in [0, 0.1) is 6.92 Å². The van der Waals surface area contributed by atoms with Crippen LogP contribution < -0.4 is 0 Å². The molecule has 0 saturated carbocycles. The lowest BCUT2D eigenvalue weighted by atomic mass is 10.1. The second kappa shape index (κ2) is 8.21.